The molecular formula is C15H15NO4. The lowest BCUT2D eigenvalue weighted by Gasteiger charge is -2.12. The smallest absolute Gasteiger partial charge is 0.374 e. The monoisotopic (exact) mass is 273 g/mol. The summed E-state index contributed by atoms with van der Waals surface area (Å²) in [7, 11) is 0. The molecule has 1 aromatic carbocycles. The third kappa shape index (κ3) is 2.66. The summed E-state index contributed by atoms with van der Waals surface area (Å²) in [4.78, 5) is 10.7. The molecule has 20 heavy (non-hydrogen) atoms. The van der Waals surface area contributed by atoms with Crippen LogP contribution in [0.1, 0.15) is 36.2 Å². The van der Waals surface area contributed by atoms with Crippen LogP contribution < -0.4 is 4.74 Å². The van der Waals surface area contributed by atoms with E-state index >= 15 is 0 Å². The molecule has 5 nitrogen and oxygen atoms in total. The minimum atomic E-state index is -1.12. The fourth-order valence-corrected chi connectivity index (χ4v) is 2.41. The molecule has 1 N–H and O–H groups in total. The van der Waals surface area contributed by atoms with E-state index in [-0.39, 0.29) is 5.76 Å². The SMILES string of the molecule is O=C(O)c1cc(-c2ccc(OC3CCCC3)cc2)no1. The maximum absolute atomic E-state index is 10.7. The highest BCUT2D eigenvalue weighted by Gasteiger charge is 2.16. The van der Waals surface area contributed by atoms with Gasteiger partial charge in [-0.1, -0.05) is 5.16 Å². The minimum absolute atomic E-state index is 0.161. The molecule has 2 aromatic rings. The van der Waals surface area contributed by atoms with E-state index in [4.69, 9.17) is 14.4 Å². The van der Waals surface area contributed by atoms with Gasteiger partial charge in [0.15, 0.2) is 0 Å². The predicted octanol–water partition coefficient (Wildman–Crippen LogP) is 3.36. The average Bonchev–Trinajstić information content (AvgIpc) is 3.10. The third-order valence-corrected chi connectivity index (χ3v) is 3.48. The molecule has 0 saturated heterocycles. The Morgan fingerprint density at radius 2 is 1.95 bits per heavy atom. The summed E-state index contributed by atoms with van der Waals surface area (Å²) in [6.45, 7) is 0. The van der Waals surface area contributed by atoms with Crippen LogP contribution >= 0.6 is 0 Å². The summed E-state index contributed by atoms with van der Waals surface area (Å²) in [6, 6.07) is 8.88. The van der Waals surface area contributed by atoms with E-state index in [2.05, 4.69) is 5.16 Å². The maximum Gasteiger partial charge on any atom is 0.374 e. The number of benzene rings is 1. The van der Waals surface area contributed by atoms with Gasteiger partial charge in [-0.15, -0.1) is 0 Å². The number of carboxylic acids is 1. The van der Waals surface area contributed by atoms with Crippen LogP contribution in [0.25, 0.3) is 11.3 Å². The molecule has 0 unspecified atom stereocenters. The first-order valence-corrected chi connectivity index (χ1v) is 6.69. The Kier molecular flexibility index (Phi) is 3.41. The van der Waals surface area contributed by atoms with Gasteiger partial charge in [0.25, 0.3) is 0 Å². The molecule has 1 fully saturated rings. The number of carboxylic acid groups (broad SMARTS) is 1. The molecule has 104 valence electrons. The quantitative estimate of drug-likeness (QED) is 0.924. The number of carbonyl (C=O) groups is 1. The van der Waals surface area contributed by atoms with E-state index in [1.165, 1.54) is 18.9 Å². The van der Waals surface area contributed by atoms with Crippen LogP contribution in [-0.4, -0.2) is 22.3 Å². The van der Waals surface area contributed by atoms with Gasteiger partial charge in [-0.25, -0.2) is 4.79 Å². The summed E-state index contributed by atoms with van der Waals surface area (Å²) in [5.74, 6) is -0.446. The van der Waals surface area contributed by atoms with Crippen molar-refractivity contribution in [2.24, 2.45) is 0 Å². The highest BCUT2D eigenvalue weighted by Crippen LogP contribution is 2.26. The van der Waals surface area contributed by atoms with Crippen LogP contribution in [0.5, 0.6) is 5.75 Å². The van der Waals surface area contributed by atoms with Gasteiger partial charge in [0.05, 0.1) is 6.10 Å². The van der Waals surface area contributed by atoms with Crippen LogP contribution in [0.3, 0.4) is 0 Å². The zero-order valence-corrected chi connectivity index (χ0v) is 10.9. The molecule has 0 spiro atoms. The predicted molar refractivity (Wildman–Crippen MR) is 71.8 cm³/mol. The van der Waals surface area contributed by atoms with Crippen molar-refractivity contribution < 1.29 is 19.2 Å². The van der Waals surface area contributed by atoms with E-state index in [0.29, 0.717) is 11.8 Å². The van der Waals surface area contributed by atoms with Crippen molar-refractivity contribution in [1.82, 2.24) is 5.16 Å². The number of hydrogen-bond donors (Lipinski definition) is 1. The number of aromatic carboxylic acids is 1. The summed E-state index contributed by atoms with van der Waals surface area (Å²) in [5, 5.41) is 12.5. The first kappa shape index (κ1) is 12.7. The number of ether oxygens (including phenoxy) is 1. The van der Waals surface area contributed by atoms with Gasteiger partial charge in [-0.05, 0) is 49.9 Å². The summed E-state index contributed by atoms with van der Waals surface area (Å²) >= 11 is 0. The highest BCUT2D eigenvalue weighted by molar-refractivity contribution is 5.85. The van der Waals surface area contributed by atoms with Gasteiger partial charge in [0.2, 0.25) is 5.76 Å². The van der Waals surface area contributed by atoms with Gasteiger partial charge in [-0.3, -0.25) is 0 Å². The molecule has 0 bridgehead atoms. The lowest BCUT2D eigenvalue weighted by atomic mass is 10.1. The molecule has 0 radical (unpaired) electrons. The zero-order valence-electron chi connectivity index (χ0n) is 10.9. The number of aromatic nitrogens is 1. The van der Waals surface area contributed by atoms with E-state index in [1.807, 2.05) is 24.3 Å². The Morgan fingerprint density at radius 3 is 2.55 bits per heavy atom. The van der Waals surface area contributed by atoms with Crippen molar-refractivity contribution in [3.8, 4) is 17.0 Å². The molecule has 5 heteroatoms. The van der Waals surface area contributed by atoms with E-state index in [1.54, 1.807) is 0 Å². The molecule has 3 rings (SSSR count). The van der Waals surface area contributed by atoms with Gasteiger partial charge in [-0.2, -0.15) is 0 Å². The Morgan fingerprint density at radius 1 is 1.25 bits per heavy atom. The topological polar surface area (TPSA) is 72.6 Å². The van der Waals surface area contributed by atoms with Crippen LogP contribution in [0.2, 0.25) is 0 Å². The Labute approximate surface area is 116 Å². The fourth-order valence-electron chi connectivity index (χ4n) is 2.41. The first-order chi connectivity index (χ1) is 9.72. The average molecular weight is 273 g/mol. The second-order valence-corrected chi connectivity index (χ2v) is 4.93. The molecule has 1 aliphatic carbocycles. The molecule has 1 heterocycles. The van der Waals surface area contributed by atoms with Gasteiger partial charge < -0.3 is 14.4 Å². The second kappa shape index (κ2) is 5.36. The molecular weight excluding hydrogens is 258 g/mol. The second-order valence-electron chi connectivity index (χ2n) is 4.93. The Hall–Kier alpha value is -2.30. The van der Waals surface area contributed by atoms with Crippen LogP contribution in [0.4, 0.5) is 0 Å². The van der Waals surface area contributed by atoms with Crippen molar-refractivity contribution in [2.45, 2.75) is 31.8 Å². The summed E-state index contributed by atoms with van der Waals surface area (Å²) < 4.78 is 10.6. The van der Waals surface area contributed by atoms with Crippen molar-refractivity contribution in [1.29, 1.82) is 0 Å². The normalized spacial score (nSPS) is 15.4. The molecule has 1 saturated carbocycles. The van der Waals surface area contributed by atoms with Crippen LogP contribution in [-0.2, 0) is 0 Å². The van der Waals surface area contributed by atoms with Crippen molar-refractivity contribution in [2.75, 3.05) is 0 Å². The molecule has 1 aromatic heterocycles. The molecule has 1 aliphatic rings. The highest BCUT2D eigenvalue weighted by atomic mass is 16.5. The summed E-state index contributed by atoms with van der Waals surface area (Å²) in [6.07, 6.45) is 5.03. The Balaban J connectivity index is 1.72. The number of rotatable bonds is 4. The Bertz CT molecular complexity index is 597. The number of hydrogen-bond acceptors (Lipinski definition) is 4. The van der Waals surface area contributed by atoms with Crippen molar-refractivity contribution in [3.63, 3.8) is 0 Å². The fraction of sp³-hybridized carbons (Fsp3) is 0.333. The molecule has 0 amide bonds. The minimum Gasteiger partial charge on any atom is -0.490 e. The van der Waals surface area contributed by atoms with Gasteiger partial charge >= 0.3 is 5.97 Å². The van der Waals surface area contributed by atoms with Crippen LogP contribution in [0, 0.1) is 0 Å². The maximum atomic E-state index is 10.7. The van der Waals surface area contributed by atoms with E-state index < -0.39 is 5.97 Å². The number of nitrogens with zero attached hydrogens (tertiary/aromatic N) is 1. The molecule has 0 aliphatic heterocycles. The van der Waals surface area contributed by atoms with E-state index in [0.717, 1.165) is 24.2 Å². The van der Waals surface area contributed by atoms with Gasteiger partial charge in [0.1, 0.15) is 11.4 Å². The van der Waals surface area contributed by atoms with E-state index in [9.17, 15) is 4.79 Å². The standard InChI is InChI=1S/C15H15NO4/c17-15(18)14-9-13(16-20-14)10-5-7-12(8-6-10)19-11-3-1-2-4-11/h5-9,11H,1-4H2,(H,17,18). The zero-order chi connectivity index (χ0) is 13.9. The largest absolute Gasteiger partial charge is 0.490 e. The third-order valence-electron chi connectivity index (χ3n) is 3.48. The van der Waals surface area contributed by atoms with Crippen molar-refractivity contribution >= 4 is 5.97 Å². The first-order valence-electron chi connectivity index (χ1n) is 6.69. The molecule has 0 atom stereocenters. The summed E-state index contributed by atoms with van der Waals surface area (Å²) in [5.41, 5.74) is 1.31. The van der Waals surface area contributed by atoms with Crippen molar-refractivity contribution in [3.05, 3.63) is 36.1 Å². The van der Waals surface area contributed by atoms with Crippen LogP contribution in [0.15, 0.2) is 34.9 Å². The van der Waals surface area contributed by atoms with Gasteiger partial charge in [0, 0.05) is 11.6 Å². The lowest BCUT2D eigenvalue weighted by Crippen LogP contribution is -2.10. The lowest BCUT2D eigenvalue weighted by molar-refractivity contribution is 0.0652.